The number of ether oxygens (including phenoxy) is 2. The van der Waals surface area contributed by atoms with E-state index in [-0.39, 0.29) is 23.8 Å². The van der Waals surface area contributed by atoms with Crippen LogP contribution in [0.3, 0.4) is 0 Å². The van der Waals surface area contributed by atoms with Gasteiger partial charge in [-0.1, -0.05) is 30.7 Å². The van der Waals surface area contributed by atoms with Crippen LogP contribution >= 0.6 is 0 Å². The molecule has 1 aromatic heterocycles. The molecular formula is C20H24O5. The number of benzene rings is 1. The van der Waals surface area contributed by atoms with Crippen molar-refractivity contribution in [1.82, 2.24) is 0 Å². The van der Waals surface area contributed by atoms with E-state index in [1.807, 2.05) is 19.9 Å². The molecule has 0 aliphatic rings. The predicted molar refractivity (Wildman–Crippen MR) is 97.0 cm³/mol. The van der Waals surface area contributed by atoms with Crippen molar-refractivity contribution in [3.05, 3.63) is 51.2 Å². The van der Waals surface area contributed by atoms with E-state index in [0.717, 1.165) is 5.57 Å². The Morgan fingerprint density at radius 3 is 2.64 bits per heavy atom. The number of carbonyl (C=O) groups excluding carboxylic acids is 1. The largest absolute Gasteiger partial charge is 0.468 e. The molecule has 134 valence electrons. The Labute approximate surface area is 147 Å². The first-order chi connectivity index (χ1) is 11.9. The van der Waals surface area contributed by atoms with Gasteiger partial charge in [-0.25, -0.2) is 0 Å². The van der Waals surface area contributed by atoms with Crippen LogP contribution in [0.4, 0.5) is 0 Å². The fraction of sp³-hybridized carbons (Fsp3) is 0.400. The molecule has 0 aliphatic carbocycles. The van der Waals surface area contributed by atoms with Gasteiger partial charge < -0.3 is 13.9 Å². The van der Waals surface area contributed by atoms with Gasteiger partial charge in [0.05, 0.1) is 18.1 Å². The third-order valence-corrected chi connectivity index (χ3v) is 3.94. The lowest BCUT2D eigenvalue weighted by molar-refractivity contribution is -0.148. The summed E-state index contributed by atoms with van der Waals surface area (Å²) in [6.45, 7) is 7.41. The molecule has 0 radical (unpaired) electrons. The molecule has 0 N–H and O–H groups in total. The quantitative estimate of drug-likeness (QED) is 0.576. The lowest BCUT2D eigenvalue weighted by atomic mass is 10.0. The molecule has 0 saturated heterocycles. The molecule has 1 heterocycles. The minimum absolute atomic E-state index is 0.161. The van der Waals surface area contributed by atoms with E-state index in [2.05, 4.69) is 0 Å². The van der Waals surface area contributed by atoms with Gasteiger partial charge in [0.1, 0.15) is 11.7 Å². The van der Waals surface area contributed by atoms with Crippen molar-refractivity contribution in [3.8, 4) is 5.95 Å². The summed E-state index contributed by atoms with van der Waals surface area (Å²) in [6, 6.07) is 5.26. The average Bonchev–Trinajstić information content (AvgIpc) is 2.59. The first kappa shape index (κ1) is 18.8. The summed E-state index contributed by atoms with van der Waals surface area (Å²) in [5.41, 5.74) is 2.44. The number of fused-ring (bicyclic) bond motifs is 1. The molecule has 2 aromatic rings. The molecule has 0 aliphatic heterocycles. The lowest BCUT2D eigenvalue weighted by Gasteiger charge is -2.16. The SMILES string of the molecule is CCC(=O)OC(C)c1cccc2oc(OC)c(CC=C(C)C)c(=O)c12. The molecule has 1 aromatic carbocycles. The van der Waals surface area contributed by atoms with Crippen LogP contribution in [0.15, 0.2) is 39.1 Å². The van der Waals surface area contributed by atoms with Crippen LogP contribution in [0.5, 0.6) is 5.95 Å². The maximum Gasteiger partial charge on any atom is 0.306 e. The molecular weight excluding hydrogens is 320 g/mol. The van der Waals surface area contributed by atoms with E-state index in [1.165, 1.54) is 7.11 Å². The third kappa shape index (κ3) is 4.10. The summed E-state index contributed by atoms with van der Waals surface area (Å²) in [4.78, 5) is 24.7. The van der Waals surface area contributed by atoms with E-state index in [4.69, 9.17) is 13.9 Å². The van der Waals surface area contributed by atoms with Crippen LogP contribution in [-0.2, 0) is 16.0 Å². The lowest BCUT2D eigenvalue weighted by Crippen LogP contribution is -2.15. The van der Waals surface area contributed by atoms with Crippen LogP contribution in [0.2, 0.25) is 0 Å². The second-order valence-electron chi connectivity index (χ2n) is 6.09. The van der Waals surface area contributed by atoms with Gasteiger partial charge in [-0.2, -0.15) is 0 Å². The Hall–Kier alpha value is -2.56. The zero-order valence-corrected chi connectivity index (χ0v) is 15.3. The standard InChI is InChI=1S/C20H24O5/c1-6-17(21)24-13(4)14-8-7-9-16-18(14)19(22)15(11-10-12(2)3)20(23-5)25-16/h7-10,13H,6,11H2,1-5H3. The van der Waals surface area contributed by atoms with Gasteiger partial charge in [0.15, 0.2) is 0 Å². The Morgan fingerprint density at radius 1 is 1.32 bits per heavy atom. The van der Waals surface area contributed by atoms with Crippen molar-refractivity contribution in [2.75, 3.05) is 7.11 Å². The average molecular weight is 344 g/mol. The van der Waals surface area contributed by atoms with Crippen molar-refractivity contribution < 1.29 is 18.7 Å². The van der Waals surface area contributed by atoms with Crippen LogP contribution < -0.4 is 10.2 Å². The second kappa shape index (κ2) is 8.01. The molecule has 0 amide bonds. The van der Waals surface area contributed by atoms with Gasteiger partial charge in [0.2, 0.25) is 5.43 Å². The van der Waals surface area contributed by atoms with Crippen molar-refractivity contribution in [2.45, 2.75) is 46.6 Å². The van der Waals surface area contributed by atoms with E-state index in [0.29, 0.717) is 28.5 Å². The Bertz CT molecular complexity index is 856. The molecule has 5 heteroatoms. The minimum atomic E-state index is -0.538. The molecule has 5 nitrogen and oxygen atoms in total. The summed E-state index contributed by atoms with van der Waals surface area (Å²) in [6.07, 6.45) is 2.11. The van der Waals surface area contributed by atoms with Crippen LogP contribution in [0.25, 0.3) is 11.0 Å². The topological polar surface area (TPSA) is 65.7 Å². The fourth-order valence-electron chi connectivity index (χ4n) is 2.61. The monoisotopic (exact) mass is 344 g/mol. The van der Waals surface area contributed by atoms with Crippen molar-refractivity contribution in [1.29, 1.82) is 0 Å². The van der Waals surface area contributed by atoms with Gasteiger partial charge in [-0.3, -0.25) is 9.59 Å². The molecule has 25 heavy (non-hydrogen) atoms. The van der Waals surface area contributed by atoms with Crippen molar-refractivity contribution in [3.63, 3.8) is 0 Å². The number of rotatable bonds is 6. The first-order valence-corrected chi connectivity index (χ1v) is 8.34. The molecule has 1 atom stereocenters. The summed E-state index contributed by atoms with van der Waals surface area (Å²) in [5, 5.41) is 0.428. The van der Waals surface area contributed by atoms with Gasteiger partial charge in [-0.05, 0) is 26.8 Å². The summed E-state index contributed by atoms with van der Waals surface area (Å²) in [5.74, 6) is -0.0995. The highest BCUT2D eigenvalue weighted by molar-refractivity contribution is 5.82. The Balaban J connectivity index is 2.66. The Kier molecular flexibility index (Phi) is 6.02. The molecule has 1 unspecified atom stereocenters. The van der Waals surface area contributed by atoms with Crippen LogP contribution in [-0.4, -0.2) is 13.1 Å². The third-order valence-electron chi connectivity index (χ3n) is 3.94. The smallest absolute Gasteiger partial charge is 0.306 e. The number of hydrogen-bond donors (Lipinski definition) is 0. The summed E-state index contributed by atoms with van der Waals surface area (Å²) in [7, 11) is 1.48. The molecule has 0 fully saturated rings. The number of allylic oxidation sites excluding steroid dienone is 2. The van der Waals surface area contributed by atoms with Gasteiger partial charge in [0.25, 0.3) is 5.95 Å². The van der Waals surface area contributed by atoms with E-state index in [1.54, 1.807) is 32.0 Å². The van der Waals surface area contributed by atoms with E-state index >= 15 is 0 Å². The van der Waals surface area contributed by atoms with Crippen molar-refractivity contribution in [2.24, 2.45) is 0 Å². The molecule has 2 rings (SSSR count). The first-order valence-electron chi connectivity index (χ1n) is 8.34. The molecule has 0 saturated carbocycles. The van der Waals surface area contributed by atoms with Crippen LogP contribution in [0.1, 0.15) is 51.3 Å². The normalized spacial score (nSPS) is 11.9. The predicted octanol–water partition coefficient (Wildman–Crippen LogP) is 4.32. The maximum absolute atomic E-state index is 13.1. The van der Waals surface area contributed by atoms with Gasteiger partial charge in [-0.15, -0.1) is 0 Å². The summed E-state index contributed by atoms with van der Waals surface area (Å²) >= 11 is 0. The zero-order chi connectivity index (χ0) is 18.6. The van der Waals surface area contributed by atoms with E-state index < -0.39 is 6.10 Å². The maximum atomic E-state index is 13.1. The van der Waals surface area contributed by atoms with Crippen LogP contribution in [0, 0.1) is 0 Å². The number of esters is 1. The highest BCUT2D eigenvalue weighted by atomic mass is 16.6. The molecule has 0 bridgehead atoms. The second-order valence-corrected chi connectivity index (χ2v) is 6.09. The zero-order valence-electron chi connectivity index (χ0n) is 15.3. The van der Waals surface area contributed by atoms with Crippen molar-refractivity contribution >= 4 is 16.9 Å². The van der Waals surface area contributed by atoms with E-state index in [9.17, 15) is 9.59 Å². The number of hydrogen-bond acceptors (Lipinski definition) is 5. The van der Waals surface area contributed by atoms with Gasteiger partial charge >= 0.3 is 5.97 Å². The number of methoxy groups -OCH3 is 1. The molecule has 0 spiro atoms. The fourth-order valence-corrected chi connectivity index (χ4v) is 2.61. The number of carbonyl (C=O) groups is 1. The highest BCUT2D eigenvalue weighted by Crippen LogP contribution is 2.29. The Morgan fingerprint density at radius 2 is 2.04 bits per heavy atom. The highest BCUT2D eigenvalue weighted by Gasteiger charge is 2.20. The van der Waals surface area contributed by atoms with Gasteiger partial charge in [0, 0.05) is 18.4 Å². The minimum Gasteiger partial charge on any atom is -0.468 e. The summed E-state index contributed by atoms with van der Waals surface area (Å²) < 4.78 is 16.4.